The number of nitrogens with one attached hydrogen (secondary N) is 1. The molecular formula is C14H21N3OS. The molecule has 0 bridgehead atoms. The summed E-state index contributed by atoms with van der Waals surface area (Å²) in [5.41, 5.74) is 7.14. The lowest BCUT2D eigenvalue weighted by Gasteiger charge is -2.25. The molecule has 2 atom stereocenters. The van der Waals surface area contributed by atoms with Gasteiger partial charge in [-0.1, -0.05) is 6.42 Å². The molecule has 2 fully saturated rings. The van der Waals surface area contributed by atoms with Gasteiger partial charge in [-0.15, -0.1) is 11.3 Å². The highest BCUT2D eigenvalue weighted by Crippen LogP contribution is 2.40. The Morgan fingerprint density at radius 1 is 1.42 bits per heavy atom. The maximum absolute atomic E-state index is 12.1. The van der Waals surface area contributed by atoms with Crippen molar-refractivity contribution in [3.8, 4) is 0 Å². The van der Waals surface area contributed by atoms with E-state index in [9.17, 15) is 4.79 Å². The number of amides is 1. The van der Waals surface area contributed by atoms with Crippen LogP contribution in [0, 0.1) is 5.92 Å². The van der Waals surface area contributed by atoms with E-state index in [0.29, 0.717) is 12.5 Å². The number of rotatable bonds is 4. The average Bonchev–Trinajstić information content (AvgIpc) is 3.15. The molecule has 0 aromatic carbocycles. The summed E-state index contributed by atoms with van der Waals surface area (Å²) in [7, 11) is 0. The van der Waals surface area contributed by atoms with Gasteiger partial charge in [0.1, 0.15) is 5.01 Å². The van der Waals surface area contributed by atoms with Gasteiger partial charge in [-0.05, 0) is 32.1 Å². The zero-order valence-electron chi connectivity index (χ0n) is 11.1. The lowest BCUT2D eigenvalue weighted by Crippen LogP contribution is -2.37. The lowest BCUT2D eigenvalue weighted by molar-refractivity contribution is -0.126. The van der Waals surface area contributed by atoms with Gasteiger partial charge in [0.15, 0.2) is 0 Å². The second kappa shape index (κ2) is 5.59. The molecule has 1 heterocycles. The summed E-state index contributed by atoms with van der Waals surface area (Å²) in [6.45, 7) is 0.571. The molecule has 2 saturated carbocycles. The molecule has 0 spiro atoms. The maximum Gasteiger partial charge on any atom is 0.223 e. The highest BCUT2D eigenvalue weighted by molar-refractivity contribution is 7.09. The van der Waals surface area contributed by atoms with Crippen LogP contribution in [0.1, 0.15) is 55.1 Å². The van der Waals surface area contributed by atoms with Gasteiger partial charge < -0.3 is 11.1 Å². The Morgan fingerprint density at radius 2 is 2.26 bits per heavy atom. The van der Waals surface area contributed by atoms with E-state index in [0.717, 1.165) is 30.7 Å². The van der Waals surface area contributed by atoms with E-state index < -0.39 is 0 Å². The summed E-state index contributed by atoms with van der Waals surface area (Å²) in [6, 6.07) is 0.200. The first kappa shape index (κ1) is 13.1. The Balaban J connectivity index is 1.48. The lowest BCUT2D eigenvalue weighted by atomic mass is 9.85. The summed E-state index contributed by atoms with van der Waals surface area (Å²) in [6.07, 6.45) is 6.48. The molecule has 19 heavy (non-hydrogen) atoms. The van der Waals surface area contributed by atoms with Gasteiger partial charge in [-0.2, -0.15) is 0 Å². The Hall–Kier alpha value is -0.940. The summed E-state index contributed by atoms with van der Waals surface area (Å²) in [4.78, 5) is 16.7. The monoisotopic (exact) mass is 279 g/mol. The van der Waals surface area contributed by atoms with E-state index in [1.807, 2.05) is 0 Å². The van der Waals surface area contributed by atoms with Gasteiger partial charge in [0.25, 0.3) is 0 Å². The second-order valence-corrected chi connectivity index (χ2v) is 6.72. The van der Waals surface area contributed by atoms with Crippen LogP contribution in [0.2, 0.25) is 0 Å². The number of hydrogen-bond acceptors (Lipinski definition) is 4. The van der Waals surface area contributed by atoms with Gasteiger partial charge in [0, 0.05) is 23.3 Å². The topological polar surface area (TPSA) is 68.0 Å². The maximum atomic E-state index is 12.1. The van der Waals surface area contributed by atoms with E-state index in [1.54, 1.807) is 11.3 Å². The molecule has 104 valence electrons. The minimum atomic E-state index is 0.103. The van der Waals surface area contributed by atoms with Gasteiger partial charge in [0.05, 0.1) is 12.2 Å². The standard InChI is InChI=1S/C14H21N3OS/c15-11-3-1-2-10(6-11)14(18)16-7-13-17-12(8-19-13)9-4-5-9/h8-11H,1-7,15H2,(H,16,18). The van der Waals surface area contributed by atoms with Crippen molar-refractivity contribution in [3.63, 3.8) is 0 Å². The number of carbonyl (C=O) groups is 1. The molecule has 1 aromatic rings. The normalized spacial score (nSPS) is 27.2. The number of hydrogen-bond donors (Lipinski definition) is 2. The Morgan fingerprint density at radius 3 is 3.00 bits per heavy atom. The third kappa shape index (κ3) is 3.34. The van der Waals surface area contributed by atoms with Crippen molar-refractivity contribution in [2.24, 2.45) is 11.7 Å². The number of nitrogens with two attached hydrogens (primary N) is 1. The van der Waals surface area contributed by atoms with Crippen molar-refractivity contribution >= 4 is 17.2 Å². The largest absolute Gasteiger partial charge is 0.349 e. The van der Waals surface area contributed by atoms with Gasteiger partial charge in [-0.3, -0.25) is 4.79 Å². The summed E-state index contributed by atoms with van der Waals surface area (Å²) < 4.78 is 0. The van der Waals surface area contributed by atoms with Gasteiger partial charge >= 0.3 is 0 Å². The zero-order valence-corrected chi connectivity index (χ0v) is 11.9. The van der Waals surface area contributed by atoms with Gasteiger partial charge in [0.2, 0.25) is 5.91 Å². The predicted octanol–water partition coefficient (Wildman–Crippen LogP) is 2.15. The van der Waals surface area contributed by atoms with E-state index >= 15 is 0 Å². The molecule has 2 aliphatic rings. The van der Waals surface area contributed by atoms with Crippen molar-refractivity contribution in [2.75, 3.05) is 0 Å². The minimum absolute atomic E-state index is 0.103. The summed E-state index contributed by atoms with van der Waals surface area (Å²) in [5.74, 6) is 0.946. The van der Waals surface area contributed by atoms with Crippen LogP contribution in [0.15, 0.2) is 5.38 Å². The van der Waals surface area contributed by atoms with E-state index in [1.165, 1.54) is 18.5 Å². The van der Waals surface area contributed by atoms with Crippen LogP contribution in [0.25, 0.3) is 0 Å². The molecule has 2 aliphatic carbocycles. The SMILES string of the molecule is NC1CCCC(C(=O)NCc2nc(C3CC3)cs2)C1. The molecule has 1 aromatic heterocycles. The first-order valence-corrected chi connectivity index (χ1v) is 8.08. The Labute approximate surface area is 117 Å². The smallest absolute Gasteiger partial charge is 0.223 e. The van der Waals surface area contributed by atoms with Crippen LogP contribution in [-0.2, 0) is 11.3 Å². The minimum Gasteiger partial charge on any atom is -0.349 e. The quantitative estimate of drug-likeness (QED) is 0.887. The molecule has 2 unspecified atom stereocenters. The molecule has 1 amide bonds. The summed E-state index contributed by atoms with van der Waals surface area (Å²) in [5, 5.41) is 6.17. The fourth-order valence-corrected chi connectivity index (χ4v) is 3.56. The Kier molecular flexibility index (Phi) is 3.84. The van der Waals surface area contributed by atoms with Crippen LogP contribution >= 0.6 is 11.3 Å². The second-order valence-electron chi connectivity index (χ2n) is 5.78. The molecule has 3 N–H and O–H groups in total. The fourth-order valence-electron chi connectivity index (χ4n) is 2.75. The third-order valence-electron chi connectivity index (χ3n) is 4.06. The molecule has 0 aliphatic heterocycles. The van der Waals surface area contributed by atoms with Crippen molar-refractivity contribution < 1.29 is 4.79 Å². The van der Waals surface area contributed by atoms with E-state index in [2.05, 4.69) is 15.7 Å². The number of aromatic nitrogens is 1. The van der Waals surface area contributed by atoms with Crippen LogP contribution in [0.3, 0.4) is 0 Å². The molecular weight excluding hydrogens is 258 g/mol. The zero-order chi connectivity index (χ0) is 13.2. The van der Waals surface area contributed by atoms with Crippen molar-refractivity contribution in [1.82, 2.24) is 10.3 Å². The molecule has 3 rings (SSSR count). The van der Waals surface area contributed by atoms with E-state index in [-0.39, 0.29) is 17.9 Å². The van der Waals surface area contributed by atoms with Gasteiger partial charge in [-0.25, -0.2) is 4.98 Å². The van der Waals surface area contributed by atoms with Crippen LogP contribution in [0.4, 0.5) is 0 Å². The average molecular weight is 279 g/mol. The molecule has 0 saturated heterocycles. The van der Waals surface area contributed by atoms with E-state index in [4.69, 9.17) is 5.73 Å². The number of carbonyl (C=O) groups excluding carboxylic acids is 1. The number of nitrogens with zero attached hydrogens (tertiary/aromatic N) is 1. The highest BCUT2D eigenvalue weighted by Gasteiger charge is 2.27. The number of thiazole rings is 1. The third-order valence-corrected chi connectivity index (χ3v) is 4.93. The molecule has 5 heteroatoms. The summed E-state index contributed by atoms with van der Waals surface area (Å²) >= 11 is 1.66. The first-order valence-electron chi connectivity index (χ1n) is 7.20. The molecule has 4 nitrogen and oxygen atoms in total. The van der Waals surface area contributed by atoms with Crippen LogP contribution in [-0.4, -0.2) is 16.9 Å². The highest BCUT2D eigenvalue weighted by atomic mass is 32.1. The van der Waals surface area contributed by atoms with Crippen LogP contribution in [0.5, 0.6) is 0 Å². The van der Waals surface area contributed by atoms with Crippen molar-refractivity contribution in [2.45, 2.75) is 57.0 Å². The fraction of sp³-hybridized carbons (Fsp3) is 0.714. The predicted molar refractivity (Wildman–Crippen MR) is 75.9 cm³/mol. The Bertz CT molecular complexity index is 455. The van der Waals surface area contributed by atoms with Crippen LogP contribution < -0.4 is 11.1 Å². The first-order chi connectivity index (χ1) is 9.22. The van der Waals surface area contributed by atoms with Crippen molar-refractivity contribution in [3.05, 3.63) is 16.1 Å². The van der Waals surface area contributed by atoms with Crippen molar-refractivity contribution in [1.29, 1.82) is 0 Å². The molecule has 0 radical (unpaired) electrons.